The van der Waals surface area contributed by atoms with Gasteiger partial charge in [0.25, 0.3) is 0 Å². The van der Waals surface area contributed by atoms with Crippen LogP contribution < -0.4 is 5.32 Å². The topological polar surface area (TPSA) is 12.0 Å². The summed E-state index contributed by atoms with van der Waals surface area (Å²) in [5, 5.41) is 3.58. The minimum atomic E-state index is -0.119. The summed E-state index contributed by atoms with van der Waals surface area (Å²) in [6, 6.07) is 7.45. The van der Waals surface area contributed by atoms with Crippen LogP contribution in [0.1, 0.15) is 63.5 Å². The Labute approximate surface area is 116 Å². The molecular formula is C17H26FN. The maximum atomic E-state index is 13.5. The lowest BCUT2D eigenvalue weighted by molar-refractivity contribution is 0.291. The first kappa shape index (κ1) is 14.5. The minimum absolute atomic E-state index is 0.119. The van der Waals surface area contributed by atoms with E-state index < -0.39 is 0 Å². The first-order valence-corrected chi connectivity index (χ1v) is 7.80. The van der Waals surface area contributed by atoms with Crippen LogP contribution in [0.5, 0.6) is 0 Å². The fraction of sp³-hybridized carbons (Fsp3) is 0.647. The number of hydrogen-bond donors (Lipinski definition) is 1. The van der Waals surface area contributed by atoms with Crippen LogP contribution in [0.15, 0.2) is 24.3 Å². The molecule has 2 heteroatoms. The molecule has 1 aliphatic rings. The van der Waals surface area contributed by atoms with Gasteiger partial charge >= 0.3 is 0 Å². The van der Waals surface area contributed by atoms with E-state index in [-0.39, 0.29) is 5.82 Å². The quantitative estimate of drug-likeness (QED) is 0.820. The van der Waals surface area contributed by atoms with Crippen molar-refractivity contribution < 1.29 is 4.39 Å². The molecule has 1 aliphatic carbocycles. The molecule has 0 aliphatic heterocycles. The van der Waals surface area contributed by atoms with Gasteiger partial charge in [0.05, 0.1) is 0 Å². The van der Waals surface area contributed by atoms with E-state index in [0.29, 0.717) is 12.0 Å². The zero-order valence-corrected chi connectivity index (χ0v) is 12.0. The predicted octanol–water partition coefficient (Wildman–Crippen LogP) is 4.84. The number of rotatable bonds is 4. The summed E-state index contributed by atoms with van der Waals surface area (Å²) < 4.78 is 13.5. The fourth-order valence-electron chi connectivity index (χ4n) is 3.30. The maximum Gasteiger partial charge on any atom is 0.123 e. The zero-order valence-electron chi connectivity index (χ0n) is 12.0. The Morgan fingerprint density at radius 2 is 1.84 bits per heavy atom. The van der Waals surface area contributed by atoms with Crippen LogP contribution >= 0.6 is 0 Å². The highest BCUT2D eigenvalue weighted by Gasteiger charge is 2.23. The summed E-state index contributed by atoms with van der Waals surface area (Å²) >= 11 is 0. The number of benzene rings is 1. The lowest BCUT2D eigenvalue weighted by Gasteiger charge is -2.30. The Hall–Kier alpha value is -0.890. The largest absolute Gasteiger partial charge is 0.310 e. The highest BCUT2D eigenvalue weighted by atomic mass is 19.1. The number of halogens is 1. The van der Waals surface area contributed by atoms with Crippen LogP contribution in [0.25, 0.3) is 0 Å². The molecule has 1 unspecified atom stereocenters. The molecular weight excluding hydrogens is 237 g/mol. The molecule has 106 valence electrons. The molecule has 1 aromatic carbocycles. The predicted molar refractivity (Wildman–Crippen MR) is 78.6 cm³/mol. The summed E-state index contributed by atoms with van der Waals surface area (Å²) in [5.74, 6) is 0.535. The van der Waals surface area contributed by atoms with Crippen molar-refractivity contribution in [2.45, 2.75) is 57.9 Å². The fourth-order valence-corrected chi connectivity index (χ4v) is 3.30. The van der Waals surface area contributed by atoms with Crippen molar-refractivity contribution >= 4 is 0 Å². The molecule has 0 aromatic heterocycles. The monoisotopic (exact) mass is 263 g/mol. The van der Waals surface area contributed by atoms with Crippen LogP contribution in [0, 0.1) is 11.7 Å². The zero-order chi connectivity index (χ0) is 13.5. The van der Waals surface area contributed by atoms with Gasteiger partial charge in [-0.1, -0.05) is 51.2 Å². The molecule has 0 radical (unpaired) electrons. The van der Waals surface area contributed by atoms with Crippen molar-refractivity contribution in [1.29, 1.82) is 0 Å². The Balaban J connectivity index is 2.13. The molecule has 1 fully saturated rings. The smallest absolute Gasteiger partial charge is 0.123 e. The molecule has 1 N–H and O–H groups in total. The second kappa shape index (κ2) is 7.64. The highest BCUT2D eigenvalue weighted by molar-refractivity contribution is 5.21. The molecule has 1 aromatic rings. The van der Waals surface area contributed by atoms with Gasteiger partial charge in [-0.05, 0) is 43.0 Å². The van der Waals surface area contributed by atoms with Crippen LogP contribution in [0.3, 0.4) is 0 Å². The normalized spacial score (nSPS) is 19.7. The molecule has 19 heavy (non-hydrogen) atoms. The van der Waals surface area contributed by atoms with Crippen molar-refractivity contribution in [3.05, 3.63) is 35.6 Å². The third kappa shape index (κ3) is 4.31. The van der Waals surface area contributed by atoms with Crippen molar-refractivity contribution in [3.8, 4) is 0 Å². The van der Waals surface area contributed by atoms with Gasteiger partial charge in [-0.25, -0.2) is 4.39 Å². The highest BCUT2D eigenvalue weighted by Crippen LogP contribution is 2.33. The van der Waals surface area contributed by atoms with Gasteiger partial charge in [-0.2, -0.15) is 0 Å². The average molecular weight is 263 g/mol. The second-order valence-corrected chi connectivity index (χ2v) is 5.70. The molecule has 0 spiro atoms. The second-order valence-electron chi connectivity index (χ2n) is 5.70. The Kier molecular flexibility index (Phi) is 5.84. The lowest BCUT2D eigenvalue weighted by Crippen LogP contribution is -2.29. The Morgan fingerprint density at radius 1 is 1.16 bits per heavy atom. The van der Waals surface area contributed by atoms with E-state index in [0.717, 1.165) is 12.1 Å². The number of hydrogen-bond acceptors (Lipinski definition) is 1. The molecule has 0 amide bonds. The van der Waals surface area contributed by atoms with Crippen molar-refractivity contribution in [3.63, 3.8) is 0 Å². The standard InChI is InChI=1S/C17H26FN/c1-2-19-17(15-11-8-12-16(18)13-15)14-9-6-4-3-5-7-10-14/h8,11-14,17,19H,2-7,9-10H2,1H3. The van der Waals surface area contributed by atoms with E-state index in [2.05, 4.69) is 18.3 Å². The van der Waals surface area contributed by atoms with E-state index in [1.807, 2.05) is 6.07 Å². The first-order chi connectivity index (χ1) is 9.31. The molecule has 1 atom stereocenters. The number of nitrogens with one attached hydrogen (secondary N) is 1. The third-order valence-corrected chi connectivity index (χ3v) is 4.25. The molecule has 0 bridgehead atoms. The van der Waals surface area contributed by atoms with Gasteiger partial charge in [0.2, 0.25) is 0 Å². The maximum absolute atomic E-state index is 13.5. The summed E-state index contributed by atoms with van der Waals surface area (Å²) in [6.45, 7) is 3.08. The Bertz CT molecular complexity index is 369. The average Bonchev–Trinajstić information content (AvgIpc) is 2.36. The lowest BCUT2D eigenvalue weighted by atomic mass is 9.83. The van der Waals surface area contributed by atoms with Crippen LogP contribution in [0.4, 0.5) is 4.39 Å². The molecule has 1 nitrogen and oxygen atoms in total. The van der Waals surface area contributed by atoms with Crippen LogP contribution in [-0.2, 0) is 0 Å². The van der Waals surface area contributed by atoms with E-state index in [1.54, 1.807) is 6.07 Å². The van der Waals surface area contributed by atoms with Crippen molar-refractivity contribution in [1.82, 2.24) is 5.32 Å². The van der Waals surface area contributed by atoms with E-state index in [4.69, 9.17) is 0 Å². The van der Waals surface area contributed by atoms with Gasteiger partial charge in [-0.15, -0.1) is 0 Å². The van der Waals surface area contributed by atoms with Crippen molar-refractivity contribution in [2.75, 3.05) is 6.54 Å². The van der Waals surface area contributed by atoms with Crippen LogP contribution in [0.2, 0.25) is 0 Å². The molecule has 0 heterocycles. The van der Waals surface area contributed by atoms with Gasteiger partial charge in [0.1, 0.15) is 5.82 Å². The summed E-state index contributed by atoms with van der Waals surface area (Å²) in [7, 11) is 0. The molecule has 1 saturated carbocycles. The van der Waals surface area contributed by atoms with Crippen LogP contribution in [-0.4, -0.2) is 6.54 Å². The van der Waals surface area contributed by atoms with Gasteiger partial charge in [-0.3, -0.25) is 0 Å². The van der Waals surface area contributed by atoms with Gasteiger partial charge in [0, 0.05) is 6.04 Å². The minimum Gasteiger partial charge on any atom is -0.310 e. The summed E-state index contributed by atoms with van der Waals surface area (Å²) in [5.41, 5.74) is 1.12. The summed E-state index contributed by atoms with van der Waals surface area (Å²) in [4.78, 5) is 0. The van der Waals surface area contributed by atoms with Gasteiger partial charge < -0.3 is 5.32 Å². The van der Waals surface area contributed by atoms with E-state index in [1.165, 1.54) is 51.0 Å². The van der Waals surface area contributed by atoms with E-state index in [9.17, 15) is 4.39 Å². The molecule has 0 saturated heterocycles. The first-order valence-electron chi connectivity index (χ1n) is 7.80. The summed E-state index contributed by atoms with van der Waals surface area (Å²) in [6.07, 6.45) is 9.29. The van der Waals surface area contributed by atoms with E-state index >= 15 is 0 Å². The van der Waals surface area contributed by atoms with Gasteiger partial charge in [0.15, 0.2) is 0 Å². The molecule has 2 rings (SSSR count). The van der Waals surface area contributed by atoms with Crippen molar-refractivity contribution in [2.24, 2.45) is 5.92 Å². The SMILES string of the molecule is CCNC(c1cccc(F)c1)C1CCCCCCC1. The third-order valence-electron chi connectivity index (χ3n) is 4.25. The Morgan fingerprint density at radius 3 is 2.47 bits per heavy atom.